The van der Waals surface area contributed by atoms with Gasteiger partial charge in [0.1, 0.15) is 18.8 Å². The maximum absolute atomic E-state index is 11.7. The van der Waals surface area contributed by atoms with E-state index in [-0.39, 0.29) is 0 Å². The van der Waals surface area contributed by atoms with Crippen LogP contribution in [0.4, 0.5) is 0 Å². The van der Waals surface area contributed by atoms with Crippen LogP contribution in [-0.4, -0.2) is 32.9 Å². The lowest BCUT2D eigenvalue weighted by atomic mass is 10.1. The molecule has 0 amide bonds. The molecule has 0 radical (unpaired) electrons. The van der Waals surface area contributed by atoms with Gasteiger partial charge in [-0.15, -0.1) is 0 Å². The molecule has 0 bridgehead atoms. The van der Waals surface area contributed by atoms with E-state index in [0.29, 0.717) is 42.6 Å². The smallest absolute Gasteiger partial charge is 0.342 e. The summed E-state index contributed by atoms with van der Waals surface area (Å²) in [4.78, 5) is 11.7. The van der Waals surface area contributed by atoms with Gasteiger partial charge in [-0.2, -0.15) is 0 Å². The number of carbonyl (C=O) groups excluding carboxylic acids is 1. The van der Waals surface area contributed by atoms with Crippen LogP contribution in [0.15, 0.2) is 12.1 Å². The lowest BCUT2D eigenvalue weighted by Crippen LogP contribution is -2.19. The Bertz CT molecular complexity index is 427. The molecule has 1 aliphatic rings. The second-order valence-corrected chi connectivity index (χ2v) is 3.39. The van der Waals surface area contributed by atoms with Crippen LogP contribution in [0.3, 0.4) is 0 Å². The van der Waals surface area contributed by atoms with Crippen LogP contribution in [0.2, 0.25) is 0 Å². The molecule has 0 spiro atoms. The zero-order valence-corrected chi connectivity index (χ0v) is 9.82. The predicted octanol–water partition coefficient (Wildman–Crippen LogP) is 1.64. The van der Waals surface area contributed by atoms with Gasteiger partial charge in [0.15, 0.2) is 11.5 Å². The maximum atomic E-state index is 11.7. The lowest BCUT2D eigenvalue weighted by molar-refractivity contribution is 0.0516. The van der Waals surface area contributed by atoms with Gasteiger partial charge in [-0.1, -0.05) is 0 Å². The lowest BCUT2D eigenvalue weighted by Gasteiger charge is -2.22. The van der Waals surface area contributed by atoms with Gasteiger partial charge < -0.3 is 18.9 Å². The number of methoxy groups -OCH3 is 1. The van der Waals surface area contributed by atoms with Crippen molar-refractivity contribution in [2.45, 2.75) is 6.92 Å². The molecule has 0 N–H and O–H groups in total. The molecule has 1 aromatic rings. The molecule has 0 atom stereocenters. The monoisotopic (exact) mass is 238 g/mol. The van der Waals surface area contributed by atoms with E-state index in [1.807, 2.05) is 0 Å². The molecule has 0 fully saturated rings. The molecule has 0 unspecified atom stereocenters. The molecule has 0 aromatic heterocycles. The van der Waals surface area contributed by atoms with Crippen LogP contribution in [0.5, 0.6) is 17.2 Å². The third-order valence-electron chi connectivity index (χ3n) is 2.37. The minimum Gasteiger partial charge on any atom is -0.493 e. The molecule has 0 saturated heterocycles. The van der Waals surface area contributed by atoms with Crippen molar-refractivity contribution < 1.29 is 23.7 Å². The summed E-state index contributed by atoms with van der Waals surface area (Å²) in [7, 11) is 1.54. The minimum absolute atomic E-state index is 0.320. The first-order valence-corrected chi connectivity index (χ1v) is 5.41. The number of rotatable bonds is 3. The number of hydrogen-bond acceptors (Lipinski definition) is 5. The molecule has 92 valence electrons. The molecule has 1 aromatic carbocycles. The average Bonchev–Trinajstić information content (AvgIpc) is 2.37. The molecule has 0 aliphatic carbocycles. The molecule has 17 heavy (non-hydrogen) atoms. The van der Waals surface area contributed by atoms with Crippen LogP contribution in [0.1, 0.15) is 17.3 Å². The van der Waals surface area contributed by atoms with Gasteiger partial charge in [0.25, 0.3) is 0 Å². The molecule has 1 aliphatic heterocycles. The Labute approximate surface area is 99.2 Å². The number of carbonyl (C=O) groups is 1. The fourth-order valence-electron chi connectivity index (χ4n) is 1.64. The summed E-state index contributed by atoms with van der Waals surface area (Å²) in [6, 6.07) is 3.28. The largest absolute Gasteiger partial charge is 0.493 e. The normalized spacial score (nSPS) is 13.1. The molecule has 0 saturated carbocycles. The first-order valence-electron chi connectivity index (χ1n) is 5.41. The Morgan fingerprint density at radius 3 is 2.65 bits per heavy atom. The summed E-state index contributed by atoms with van der Waals surface area (Å²) in [5.74, 6) is 0.989. The molecule has 1 heterocycles. The van der Waals surface area contributed by atoms with Crippen molar-refractivity contribution in [1.82, 2.24) is 0 Å². The van der Waals surface area contributed by atoms with E-state index in [9.17, 15) is 4.79 Å². The first-order chi connectivity index (χ1) is 8.27. The van der Waals surface area contributed by atoms with Gasteiger partial charge in [0, 0.05) is 0 Å². The van der Waals surface area contributed by atoms with E-state index in [4.69, 9.17) is 18.9 Å². The van der Waals surface area contributed by atoms with E-state index in [2.05, 4.69) is 0 Å². The second kappa shape index (κ2) is 4.95. The van der Waals surface area contributed by atoms with Crippen LogP contribution in [-0.2, 0) is 4.74 Å². The van der Waals surface area contributed by atoms with E-state index in [0.717, 1.165) is 0 Å². The highest BCUT2D eigenvalue weighted by molar-refractivity contribution is 5.94. The van der Waals surface area contributed by atoms with E-state index in [1.54, 1.807) is 19.1 Å². The zero-order valence-electron chi connectivity index (χ0n) is 9.82. The number of ether oxygens (including phenoxy) is 4. The van der Waals surface area contributed by atoms with Crippen molar-refractivity contribution in [3.05, 3.63) is 17.7 Å². The summed E-state index contributed by atoms with van der Waals surface area (Å²) in [6.45, 7) is 2.92. The van der Waals surface area contributed by atoms with Crippen molar-refractivity contribution in [3.8, 4) is 17.2 Å². The zero-order chi connectivity index (χ0) is 12.3. The van der Waals surface area contributed by atoms with Crippen molar-refractivity contribution in [1.29, 1.82) is 0 Å². The molecule has 5 nitrogen and oxygen atoms in total. The number of benzene rings is 1. The Morgan fingerprint density at radius 1 is 1.29 bits per heavy atom. The average molecular weight is 238 g/mol. The van der Waals surface area contributed by atoms with Gasteiger partial charge in [-0.05, 0) is 19.1 Å². The highest BCUT2D eigenvalue weighted by Gasteiger charge is 2.24. The molecule has 5 heteroatoms. The standard InChI is InChI=1S/C12H14O5/c1-3-15-12(13)8-4-5-9(14-2)11-10(8)16-6-7-17-11/h4-5H,3,6-7H2,1-2H3. The van der Waals surface area contributed by atoms with Gasteiger partial charge >= 0.3 is 5.97 Å². The van der Waals surface area contributed by atoms with Crippen LogP contribution >= 0.6 is 0 Å². The summed E-state index contributed by atoms with van der Waals surface area (Å²) >= 11 is 0. The summed E-state index contributed by atoms with van der Waals surface area (Å²) in [5.41, 5.74) is 0.363. The van der Waals surface area contributed by atoms with Crippen molar-refractivity contribution in [2.24, 2.45) is 0 Å². The topological polar surface area (TPSA) is 54.0 Å². The van der Waals surface area contributed by atoms with E-state index >= 15 is 0 Å². The van der Waals surface area contributed by atoms with Gasteiger partial charge in [0.05, 0.1) is 13.7 Å². The van der Waals surface area contributed by atoms with Gasteiger partial charge in [-0.25, -0.2) is 4.79 Å². The maximum Gasteiger partial charge on any atom is 0.342 e. The fraction of sp³-hybridized carbons (Fsp3) is 0.417. The summed E-state index contributed by atoms with van der Waals surface area (Å²) < 4.78 is 21.0. The number of fused-ring (bicyclic) bond motifs is 1. The Hall–Kier alpha value is -1.91. The van der Waals surface area contributed by atoms with Gasteiger partial charge in [-0.3, -0.25) is 0 Å². The third kappa shape index (κ3) is 2.13. The van der Waals surface area contributed by atoms with Crippen molar-refractivity contribution in [2.75, 3.05) is 26.9 Å². The predicted molar refractivity (Wildman–Crippen MR) is 59.9 cm³/mol. The van der Waals surface area contributed by atoms with Crippen LogP contribution in [0.25, 0.3) is 0 Å². The molecular formula is C12H14O5. The van der Waals surface area contributed by atoms with Crippen LogP contribution < -0.4 is 14.2 Å². The van der Waals surface area contributed by atoms with E-state index in [1.165, 1.54) is 7.11 Å². The quantitative estimate of drug-likeness (QED) is 0.749. The highest BCUT2D eigenvalue weighted by Crippen LogP contribution is 2.42. The number of esters is 1. The third-order valence-corrected chi connectivity index (χ3v) is 2.37. The molecule has 2 rings (SSSR count). The van der Waals surface area contributed by atoms with Gasteiger partial charge in [0.2, 0.25) is 5.75 Å². The Morgan fingerprint density at radius 2 is 2.00 bits per heavy atom. The SMILES string of the molecule is CCOC(=O)c1ccc(OC)c2c1OCCO2. The minimum atomic E-state index is -0.420. The number of hydrogen-bond donors (Lipinski definition) is 0. The highest BCUT2D eigenvalue weighted by atomic mass is 16.6. The van der Waals surface area contributed by atoms with Crippen LogP contribution in [0, 0.1) is 0 Å². The summed E-state index contributed by atoms with van der Waals surface area (Å²) in [6.07, 6.45) is 0. The molecular weight excluding hydrogens is 224 g/mol. The Balaban J connectivity index is 2.43. The second-order valence-electron chi connectivity index (χ2n) is 3.39. The van der Waals surface area contributed by atoms with E-state index < -0.39 is 5.97 Å². The van der Waals surface area contributed by atoms with Crippen molar-refractivity contribution >= 4 is 5.97 Å². The van der Waals surface area contributed by atoms with Crippen molar-refractivity contribution in [3.63, 3.8) is 0 Å². The first kappa shape index (κ1) is 11.6. The fourth-order valence-corrected chi connectivity index (χ4v) is 1.64. The summed E-state index contributed by atoms with van der Waals surface area (Å²) in [5, 5.41) is 0. The Kier molecular flexibility index (Phi) is 3.37.